The van der Waals surface area contributed by atoms with Crippen molar-refractivity contribution < 1.29 is 23.7 Å². The molecular weight excluding hydrogens is 422 g/mol. The van der Waals surface area contributed by atoms with Crippen LogP contribution in [0.3, 0.4) is 0 Å². The maximum atomic E-state index is 12.6. The van der Waals surface area contributed by atoms with E-state index in [1.807, 2.05) is 11.0 Å². The lowest BCUT2D eigenvalue weighted by Crippen LogP contribution is -2.48. The maximum Gasteiger partial charge on any atom is 0.222 e. The van der Waals surface area contributed by atoms with Gasteiger partial charge in [0.25, 0.3) is 0 Å². The third-order valence-corrected chi connectivity index (χ3v) is 5.82. The van der Waals surface area contributed by atoms with Crippen LogP contribution in [0.5, 0.6) is 23.0 Å². The molecule has 0 saturated carbocycles. The Bertz CT molecular complexity index is 1010. The minimum absolute atomic E-state index is 0.157. The van der Waals surface area contributed by atoms with Gasteiger partial charge in [-0.05, 0) is 36.2 Å². The molecule has 0 spiro atoms. The van der Waals surface area contributed by atoms with Gasteiger partial charge in [-0.1, -0.05) is 6.07 Å². The van der Waals surface area contributed by atoms with Crippen molar-refractivity contribution in [2.75, 3.05) is 53.1 Å². The highest BCUT2D eigenvalue weighted by molar-refractivity contribution is 5.76. The van der Waals surface area contributed by atoms with E-state index in [4.69, 9.17) is 24.2 Å². The Labute approximate surface area is 194 Å². The van der Waals surface area contributed by atoms with Crippen LogP contribution in [0.4, 0.5) is 0 Å². The topological polar surface area (TPSA) is 84.3 Å². The second-order valence-corrected chi connectivity index (χ2v) is 8.06. The number of ether oxygens (including phenoxy) is 4. The number of piperazine rings is 1. The molecule has 0 bridgehead atoms. The first kappa shape index (κ1) is 22.7. The standard InChI is InChI=1S/C25H29N3O5/c1-30-23-15-19(17-26)4-6-21(23)31-12-2-3-25(29)28-10-8-27(9-11-28)18-20-5-7-22-24(16-20)33-14-13-32-22/h4-7,15-16H,2-3,8-14,18H2,1H3. The van der Waals surface area contributed by atoms with Crippen LogP contribution in [0, 0.1) is 11.3 Å². The highest BCUT2D eigenvalue weighted by Gasteiger charge is 2.21. The minimum Gasteiger partial charge on any atom is -0.493 e. The molecule has 8 nitrogen and oxygen atoms in total. The van der Waals surface area contributed by atoms with Gasteiger partial charge < -0.3 is 23.8 Å². The van der Waals surface area contributed by atoms with Crippen molar-refractivity contribution in [3.63, 3.8) is 0 Å². The average molecular weight is 452 g/mol. The van der Waals surface area contributed by atoms with Crippen LogP contribution >= 0.6 is 0 Å². The number of rotatable bonds is 8. The lowest BCUT2D eigenvalue weighted by atomic mass is 10.1. The van der Waals surface area contributed by atoms with E-state index in [9.17, 15) is 4.79 Å². The van der Waals surface area contributed by atoms with Gasteiger partial charge in [0.15, 0.2) is 23.0 Å². The van der Waals surface area contributed by atoms with Crippen molar-refractivity contribution in [3.05, 3.63) is 47.5 Å². The summed E-state index contributed by atoms with van der Waals surface area (Å²) in [6.07, 6.45) is 1.07. The van der Waals surface area contributed by atoms with Crippen molar-refractivity contribution in [1.82, 2.24) is 9.80 Å². The molecule has 2 aromatic carbocycles. The predicted molar refractivity (Wildman–Crippen MR) is 122 cm³/mol. The third-order valence-electron chi connectivity index (χ3n) is 5.82. The highest BCUT2D eigenvalue weighted by atomic mass is 16.6. The Morgan fingerprint density at radius 1 is 1.03 bits per heavy atom. The van der Waals surface area contributed by atoms with Crippen LogP contribution in [0.1, 0.15) is 24.0 Å². The number of hydrogen-bond donors (Lipinski definition) is 0. The maximum absolute atomic E-state index is 12.6. The molecule has 2 aliphatic heterocycles. The van der Waals surface area contributed by atoms with Crippen molar-refractivity contribution >= 4 is 5.91 Å². The monoisotopic (exact) mass is 451 g/mol. The van der Waals surface area contributed by atoms with E-state index in [1.54, 1.807) is 25.3 Å². The van der Waals surface area contributed by atoms with E-state index in [0.717, 1.165) is 44.2 Å². The number of carbonyl (C=O) groups is 1. The van der Waals surface area contributed by atoms with E-state index in [2.05, 4.69) is 23.1 Å². The van der Waals surface area contributed by atoms with Crippen molar-refractivity contribution in [2.45, 2.75) is 19.4 Å². The quantitative estimate of drug-likeness (QED) is 0.571. The summed E-state index contributed by atoms with van der Waals surface area (Å²) in [7, 11) is 1.54. The van der Waals surface area contributed by atoms with Gasteiger partial charge in [-0.15, -0.1) is 0 Å². The highest BCUT2D eigenvalue weighted by Crippen LogP contribution is 2.31. The fourth-order valence-electron chi connectivity index (χ4n) is 4.02. The number of carbonyl (C=O) groups excluding carboxylic acids is 1. The van der Waals surface area contributed by atoms with E-state index < -0.39 is 0 Å². The molecule has 1 fully saturated rings. The van der Waals surface area contributed by atoms with Crippen LogP contribution in [-0.2, 0) is 11.3 Å². The first-order chi connectivity index (χ1) is 16.2. The van der Waals surface area contributed by atoms with Gasteiger partial charge in [0.2, 0.25) is 5.91 Å². The molecule has 1 amide bonds. The van der Waals surface area contributed by atoms with Crippen molar-refractivity contribution in [3.8, 4) is 29.1 Å². The zero-order valence-corrected chi connectivity index (χ0v) is 18.9. The molecule has 8 heteroatoms. The molecule has 0 radical (unpaired) electrons. The van der Waals surface area contributed by atoms with Gasteiger partial charge in [0.1, 0.15) is 13.2 Å². The Morgan fingerprint density at radius 2 is 1.82 bits per heavy atom. The molecule has 0 atom stereocenters. The second-order valence-electron chi connectivity index (χ2n) is 8.06. The summed E-state index contributed by atoms with van der Waals surface area (Å²) in [5.74, 6) is 2.88. The summed E-state index contributed by atoms with van der Waals surface area (Å²) in [6.45, 7) is 5.58. The summed E-state index contributed by atoms with van der Waals surface area (Å²) in [5, 5.41) is 8.98. The Balaban J connectivity index is 1.17. The number of benzene rings is 2. The normalized spacial score (nSPS) is 15.6. The molecule has 0 aromatic heterocycles. The van der Waals surface area contributed by atoms with Crippen molar-refractivity contribution in [1.29, 1.82) is 5.26 Å². The first-order valence-corrected chi connectivity index (χ1v) is 11.3. The lowest BCUT2D eigenvalue weighted by molar-refractivity contribution is -0.133. The second kappa shape index (κ2) is 10.9. The van der Waals surface area contributed by atoms with E-state index in [0.29, 0.717) is 49.7 Å². The first-order valence-electron chi connectivity index (χ1n) is 11.3. The van der Waals surface area contributed by atoms with Gasteiger partial charge in [0, 0.05) is 45.2 Å². The van der Waals surface area contributed by atoms with Gasteiger partial charge >= 0.3 is 0 Å². The largest absolute Gasteiger partial charge is 0.493 e. The zero-order valence-electron chi connectivity index (χ0n) is 18.9. The SMILES string of the molecule is COc1cc(C#N)ccc1OCCCC(=O)N1CCN(Cc2ccc3c(c2)OCCO3)CC1. The van der Waals surface area contributed by atoms with Gasteiger partial charge in [-0.2, -0.15) is 5.26 Å². The summed E-state index contributed by atoms with van der Waals surface area (Å²) in [5.41, 5.74) is 1.71. The summed E-state index contributed by atoms with van der Waals surface area (Å²) in [6, 6.07) is 13.2. The van der Waals surface area contributed by atoms with Gasteiger partial charge in [0.05, 0.1) is 25.3 Å². The average Bonchev–Trinajstić information content (AvgIpc) is 2.87. The molecule has 0 N–H and O–H groups in total. The molecule has 174 valence electrons. The number of hydrogen-bond acceptors (Lipinski definition) is 7. The minimum atomic E-state index is 0.157. The zero-order chi connectivity index (χ0) is 23.0. The molecule has 0 unspecified atom stereocenters. The van der Waals surface area contributed by atoms with Crippen LogP contribution in [0.2, 0.25) is 0 Å². The third kappa shape index (κ3) is 5.88. The van der Waals surface area contributed by atoms with Gasteiger partial charge in [-0.25, -0.2) is 0 Å². The summed E-state index contributed by atoms with van der Waals surface area (Å²) < 4.78 is 22.3. The Hall–Kier alpha value is -3.44. The molecule has 4 rings (SSSR count). The molecule has 2 heterocycles. The molecular formula is C25H29N3O5. The lowest BCUT2D eigenvalue weighted by Gasteiger charge is -2.35. The molecule has 2 aromatic rings. The number of nitriles is 1. The van der Waals surface area contributed by atoms with Gasteiger partial charge in [-0.3, -0.25) is 9.69 Å². The number of nitrogens with zero attached hydrogens (tertiary/aromatic N) is 3. The Kier molecular flexibility index (Phi) is 7.53. The number of fused-ring (bicyclic) bond motifs is 1. The van der Waals surface area contributed by atoms with Crippen LogP contribution in [-0.4, -0.2) is 68.8 Å². The van der Waals surface area contributed by atoms with Crippen LogP contribution in [0.15, 0.2) is 36.4 Å². The van der Waals surface area contributed by atoms with Crippen molar-refractivity contribution in [2.24, 2.45) is 0 Å². The smallest absolute Gasteiger partial charge is 0.222 e. The molecule has 0 aliphatic carbocycles. The van der Waals surface area contributed by atoms with Crippen LogP contribution < -0.4 is 18.9 Å². The summed E-state index contributed by atoms with van der Waals surface area (Å²) in [4.78, 5) is 16.9. The predicted octanol–water partition coefficient (Wildman–Crippen LogP) is 2.84. The Morgan fingerprint density at radius 3 is 2.58 bits per heavy atom. The van der Waals surface area contributed by atoms with E-state index in [1.165, 1.54) is 5.56 Å². The molecule has 2 aliphatic rings. The van der Waals surface area contributed by atoms with E-state index in [-0.39, 0.29) is 5.91 Å². The van der Waals surface area contributed by atoms with E-state index >= 15 is 0 Å². The summed E-state index contributed by atoms with van der Waals surface area (Å²) >= 11 is 0. The molecule has 33 heavy (non-hydrogen) atoms. The molecule has 1 saturated heterocycles. The van der Waals surface area contributed by atoms with Crippen LogP contribution in [0.25, 0.3) is 0 Å². The fraction of sp³-hybridized carbons (Fsp3) is 0.440. The number of amides is 1. The number of methoxy groups -OCH3 is 1. The fourth-order valence-corrected chi connectivity index (χ4v) is 4.02.